The quantitative estimate of drug-likeness (QED) is 0.606. The van der Waals surface area contributed by atoms with Gasteiger partial charge in [-0.3, -0.25) is 4.68 Å². The Labute approximate surface area is 99.9 Å². The van der Waals surface area contributed by atoms with Crippen LogP contribution in [0.2, 0.25) is 0 Å². The minimum absolute atomic E-state index is 0.362. The van der Waals surface area contributed by atoms with Crippen LogP contribution in [0, 0.1) is 0 Å². The van der Waals surface area contributed by atoms with E-state index in [-0.39, 0.29) is 0 Å². The number of fused-ring (bicyclic) bond motifs is 1. The summed E-state index contributed by atoms with van der Waals surface area (Å²) in [6.45, 7) is 5.48. The molecule has 0 aliphatic heterocycles. The molecule has 4 heteroatoms. The third kappa shape index (κ3) is 2.25. The van der Waals surface area contributed by atoms with E-state index >= 15 is 0 Å². The Morgan fingerprint density at radius 2 is 1.94 bits per heavy atom. The molecule has 0 radical (unpaired) electrons. The number of nitrogens with zero attached hydrogens (tertiary/aromatic N) is 1. The number of rotatable bonds is 1. The van der Waals surface area contributed by atoms with Crippen molar-refractivity contribution < 1.29 is 9.53 Å². The smallest absolute Gasteiger partial charge is 0.357 e. The molecule has 0 amide bonds. The number of hydrogen-bond acceptors (Lipinski definition) is 3. The summed E-state index contributed by atoms with van der Waals surface area (Å²) in [7, 11) is 0. The number of carbonyl (C=O) groups excluding carboxylic acids is 1. The van der Waals surface area contributed by atoms with Crippen LogP contribution in [-0.2, 0) is 4.74 Å². The van der Waals surface area contributed by atoms with Crippen molar-refractivity contribution in [3.05, 3.63) is 36.0 Å². The highest BCUT2D eigenvalue weighted by molar-refractivity contribution is 5.95. The van der Waals surface area contributed by atoms with Crippen LogP contribution in [0.4, 0.5) is 0 Å². The van der Waals surface area contributed by atoms with Gasteiger partial charge in [0.2, 0.25) is 0 Å². The third-order valence-electron chi connectivity index (χ3n) is 2.36. The molecule has 0 spiro atoms. The molecule has 2 rings (SSSR count). The third-order valence-corrected chi connectivity index (χ3v) is 2.36. The van der Waals surface area contributed by atoms with Gasteiger partial charge < -0.3 is 10.6 Å². The number of para-hydroxylation sites is 1. The Hall–Kier alpha value is -1.97. The summed E-state index contributed by atoms with van der Waals surface area (Å²) < 4.78 is 6.66. The number of carbonyl (C=O) groups is 1. The van der Waals surface area contributed by atoms with E-state index in [9.17, 15) is 4.79 Å². The summed E-state index contributed by atoms with van der Waals surface area (Å²) in [6, 6.07) is 9.30. The average molecular weight is 232 g/mol. The zero-order chi connectivity index (χ0) is 12.6. The van der Waals surface area contributed by atoms with E-state index in [2.05, 4.69) is 0 Å². The molecule has 0 bridgehead atoms. The Bertz CT molecular complexity index is 564. The highest BCUT2D eigenvalue weighted by Crippen LogP contribution is 2.19. The lowest BCUT2D eigenvalue weighted by Crippen LogP contribution is -2.26. The zero-order valence-electron chi connectivity index (χ0n) is 10.2. The first kappa shape index (κ1) is 11.5. The first-order chi connectivity index (χ1) is 7.88. The monoisotopic (exact) mass is 232 g/mol. The Morgan fingerprint density at radius 1 is 1.29 bits per heavy atom. The van der Waals surface area contributed by atoms with E-state index < -0.39 is 11.6 Å². The SMILES string of the molecule is CC(C)(C)OC(=O)c1cc2ccccc2n1N. The van der Waals surface area contributed by atoms with Gasteiger partial charge in [-0.2, -0.15) is 0 Å². The van der Waals surface area contributed by atoms with Crippen molar-refractivity contribution >= 4 is 16.9 Å². The molecule has 0 atom stereocenters. The van der Waals surface area contributed by atoms with E-state index in [1.54, 1.807) is 6.07 Å². The molecule has 2 N–H and O–H groups in total. The number of nitrogen functional groups attached to an aromatic ring is 1. The molecule has 1 heterocycles. The summed E-state index contributed by atoms with van der Waals surface area (Å²) in [5, 5.41) is 0.927. The molecule has 4 nitrogen and oxygen atoms in total. The van der Waals surface area contributed by atoms with Crippen molar-refractivity contribution in [3.63, 3.8) is 0 Å². The van der Waals surface area contributed by atoms with Crippen LogP contribution in [0.15, 0.2) is 30.3 Å². The predicted molar refractivity (Wildman–Crippen MR) is 67.3 cm³/mol. The van der Waals surface area contributed by atoms with Crippen LogP contribution in [0.3, 0.4) is 0 Å². The second-order valence-electron chi connectivity index (χ2n) is 4.96. The molecule has 90 valence electrons. The van der Waals surface area contributed by atoms with E-state index in [0.717, 1.165) is 10.9 Å². The average Bonchev–Trinajstić information content (AvgIpc) is 2.55. The highest BCUT2D eigenvalue weighted by atomic mass is 16.6. The minimum Gasteiger partial charge on any atom is -0.455 e. The lowest BCUT2D eigenvalue weighted by Gasteiger charge is -2.19. The van der Waals surface area contributed by atoms with Crippen molar-refractivity contribution in [2.45, 2.75) is 26.4 Å². The zero-order valence-corrected chi connectivity index (χ0v) is 10.2. The van der Waals surface area contributed by atoms with Gasteiger partial charge in [-0.1, -0.05) is 18.2 Å². The summed E-state index contributed by atoms with van der Waals surface area (Å²) in [4.78, 5) is 11.9. The largest absolute Gasteiger partial charge is 0.455 e. The fourth-order valence-electron chi connectivity index (χ4n) is 1.66. The van der Waals surface area contributed by atoms with Crippen molar-refractivity contribution in [3.8, 4) is 0 Å². The van der Waals surface area contributed by atoms with Crippen LogP contribution in [0.1, 0.15) is 31.3 Å². The Balaban J connectivity index is 2.43. The van der Waals surface area contributed by atoms with E-state index in [1.807, 2.05) is 45.0 Å². The fourth-order valence-corrected chi connectivity index (χ4v) is 1.66. The molecule has 1 aromatic heterocycles. The minimum atomic E-state index is -0.520. The summed E-state index contributed by atoms with van der Waals surface area (Å²) in [6.07, 6.45) is 0. The molecule has 2 aromatic rings. The van der Waals surface area contributed by atoms with Gasteiger partial charge in [-0.15, -0.1) is 0 Å². The summed E-state index contributed by atoms with van der Waals surface area (Å²) >= 11 is 0. The fraction of sp³-hybridized carbons (Fsp3) is 0.308. The summed E-state index contributed by atoms with van der Waals surface area (Å²) in [5.41, 5.74) is 0.655. The lowest BCUT2D eigenvalue weighted by molar-refractivity contribution is 0.00603. The van der Waals surface area contributed by atoms with Crippen molar-refractivity contribution in [1.82, 2.24) is 4.68 Å². The maximum Gasteiger partial charge on any atom is 0.357 e. The van der Waals surface area contributed by atoms with Gasteiger partial charge in [0, 0.05) is 5.39 Å². The second kappa shape index (κ2) is 3.80. The van der Waals surface area contributed by atoms with Crippen molar-refractivity contribution in [1.29, 1.82) is 0 Å². The Morgan fingerprint density at radius 3 is 2.53 bits per heavy atom. The molecular weight excluding hydrogens is 216 g/mol. The van der Waals surface area contributed by atoms with Crippen LogP contribution in [-0.4, -0.2) is 16.2 Å². The molecule has 0 unspecified atom stereocenters. The van der Waals surface area contributed by atoms with Gasteiger partial charge in [0.15, 0.2) is 0 Å². The molecule has 0 fully saturated rings. The molecule has 0 aliphatic rings. The highest BCUT2D eigenvalue weighted by Gasteiger charge is 2.21. The van der Waals surface area contributed by atoms with Crippen molar-refractivity contribution in [2.24, 2.45) is 0 Å². The second-order valence-corrected chi connectivity index (χ2v) is 4.96. The molecule has 0 saturated heterocycles. The van der Waals surface area contributed by atoms with Crippen LogP contribution in [0.25, 0.3) is 10.9 Å². The van der Waals surface area contributed by atoms with Crippen LogP contribution < -0.4 is 5.84 Å². The van der Waals surface area contributed by atoms with Crippen molar-refractivity contribution in [2.75, 3.05) is 5.84 Å². The molecule has 0 saturated carbocycles. The molecular formula is C13H16N2O2. The molecule has 17 heavy (non-hydrogen) atoms. The number of nitrogens with two attached hydrogens (primary N) is 1. The van der Waals surface area contributed by atoms with E-state index in [0.29, 0.717) is 5.69 Å². The molecule has 1 aromatic carbocycles. The molecule has 0 aliphatic carbocycles. The van der Waals surface area contributed by atoms with Gasteiger partial charge in [0.25, 0.3) is 0 Å². The van der Waals surface area contributed by atoms with Gasteiger partial charge in [-0.05, 0) is 32.9 Å². The number of ether oxygens (including phenoxy) is 1. The first-order valence-electron chi connectivity index (χ1n) is 5.47. The van der Waals surface area contributed by atoms with Gasteiger partial charge in [0.05, 0.1) is 5.52 Å². The number of hydrogen-bond donors (Lipinski definition) is 1. The standard InChI is InChI=1S/C13H16N2O2/c1-13(2,3)17-12(16)11-8-9-6-4-5-7-10(9)15(11)14/h4-8H,14H2,1-3H3. The van der Waals surface area contributed by atoms with E-state index in [1.165, 1.54) is 4.68 Å². The Kier molecular flexibility index (Phi) is 2.58. The van der Waals surface area contributed by atoms with E-state index in [4.69, 9.17) is 10.6 Å². The number of esters is 1. The predicted octanol–water partition coefficient (Wildman–Crippen LogP) is 2.31. The maximum atomic E-state index is 11.9. The maximum absolute atomic E-state index is 11.9. The van der Waals surface area contributed by atoms with Gasteiger partial charge in [-0.25, -0.2) is 4.79 Å². The number of benzene rings is 1. The van der Waals surface area contributed by atoms with Gasteiger partial charge >= 0.3 is 5.97 Å². The summed E-state index contributed by atoms with van der Waals surface area (Å²) in [5.74, 6) is 5.47. The van der Waals surface area contributed by atoms with Gasteiger partial charge in [0.1, 0.15) is 11.3 Å². The lowest BCUT2D eigenvalue weighted by atomic mass is 10.2. The topological polar surface area (TPSA) is 57.2 Å². The normalized spacial score (nSPS) is 11.7. The van der Waals surface area contributed by atoms with Crippen LogP contribution in [0.5, 0.6) is 0 Å². The first-order valence-corrected chi connectivity index (χ1v) is 5.47. The van der Waals surface area contributed by atoms with Crippen LogP contribution >= 0.6 is 0 Å². The number of aromatic nitrogens is 1.